The van der Waals surface area contributed by atoms with Gasteiger partial charge in [-0.1, -0.05) is 58.3 Å². The third-order valence-corrected chi connectivity index (χ3v) is 4.84. The normalized spacial score (nSPS) is 21.4. The summed E-state index contributed by atoms with van der Waals surface area (Å²) in [6.07, 6.45) is 12.5. The molecule has 0 aromatic carbocycles. The molecule has 1 aliphatic rings. The van der Waals surface area contributed by atoms with Gasteiger partial charge in [0, 0.05) is 12.8 Å². The Morgan fingerprint density at radius 2 is 1.80 bits per heavy atom. The van der Waals surface area contributed by atoms with E-state index in [1.807, 2.05) is 0 Å². The first-order chi connectivity index (χ1) is 12.2. The lowest BCUT2D eigenvalue weighted by molar-refractivity contribution is -0.352. The molecule has 1 aliphatic heterocycles. The average molecular weight is 360 g/mol. The van der Waals surface area contributed by atoms with Gasteiger partial charge in [0.25, 0.3) is 0 Å². The third kappa shape index (κ3) is 10.1. The number of hydrogen-bond donors (Lipinski definition) is 1. The van der Waals surface area contributed by atoms with Gasteiger partial charge in [-0.3, -0.25) is 10.1 Å². The molecule has 1 saturated heterocycles. The fourth-order valence-electron chi connectivity index (χ4n) is 3.22. The molecular weight excluding hydrogens is 324 g/mol. The van der Waals surface area contributed by atoms with E-state index in [1.54, 1.807) is 0 Å². The van der Waals surface area contributed by atoms with Crippen molar-refractivity contribution >= 4 is 5.97 Å². The van der Waals surface area contributed by atoms with E-state index in [-0.39, 0.29) is 24.3 Å². The highest BCUT2D eigenvalue weighted by Gasteiger charge is 2.34. The highest BCUT2D eigenvalue weighted by molar-refractivity contribution is 5.68. The molecular formula is C19H36O6. The Morgan fingerprint density at radius 3 is 2.52 bits per heavy atom. The number of hydrogen-bond acceptors (Lipinski definition) is 6. The molecule has 6 nitrogen and oxygen atoms in total. The minimum atomic E-state index is -0.323. The summed E-state index contributed by atoms with van der Waals surface area (Å²) < 4.78 is 4.62. The van der Waals surface area contributed by atoms with Gasteiger partial charge in [-0.25, -0.2) is 14.7 Å². The molecule has 6 heteroatoms. The Bertz CT molecular complexity index is 336. The molecule has 1 fully saturated rings. The fourth-order valence-corrected chi connectivity index (χ4v) is 3.22. The van der Waals surface area contributed by atoms with Crippen molar-refractivity contribution in [1.82, 2.24) is 0 Å². The van der Waals surface area contributed by atoms with Crippen LogP contribution in [0.5, 0.6) is 0 Å². The summed E-state index contributed by atoms with van der Waals surface area (Å²) in [5.74, 6) is -0.142. The first-order valence-electron chi connectivity index (χ1n) is 9.90. The highest BCUT2D eigenvalue weighted by Crippen LogP contribution is 2.27. The lowest BCUT2D eigenvalue weighted by atomic mass is 9.98. The van der Waals surface area contributed by atoms with E-state index in [1.165, 1.54) is 26.4 Å². The average Bonchev–Trinajstić information content (AvgIpc) is 3.09. The quantitative estimate of drug-likeness (QED) is 0.195. The largest absolute Gasteiger partial charge is 0.469 e. The van der Waals surface area contributed by atoms with Crippen molar-refractivity contribution in [2.75, 3.05) is 7.11 Å². The van der Waals surface area contributed by atoms with Gasteiger partial charge in [0.1, 0.15) is 12.2 Å². The Labute approximate surface area is 152 Å². The molecule has 0 aromatic rings. The van der Waals surface area contributed by atoms with Gasteiger partial charge in [-0.2, -0.15) is 0 Å². The zero-order chi connectivity index (χ0) is 18.3. The zero-order valence-corrected chi connectivity index (χ0v) is 15.9. The van der Waals surface area contributed by atoms with Crippen molar-refractivity contribution in [1.29, 1.82) is 0 Å². The summed E-state index contributed by atoms with van der Waals surface area (Å²) in [6, 6.07) is 0. The summed E-state index contributed by atoms with van der Waals surface area (Å²) in [4.78, 5) is 26.4. The predicted octanol–water partition coefficient (Wildman–Crippen LogP) is 4.81. The molecule has 1 rings (SSSR count). The molecule has 0 aromatic heterocycles. The van der Waals surface area contributed by atoms with E-state index in [4.69, 9.17) is 15.0 Å². The summed E-state index contributed by atoms with van der Waals surface area (Å²) in [5, 5.41) is 9.16. The molecule has 3 atom stereocenters. The lowest BCUT2D eigenvalue weighted by Gasteiger charge is -2.17. The van der Waals surface area contributed by atoms with Crippen molar-refractivity contribution in [3.05, 3.63) is 0 Å². The van der Waals surface area contributed by atoms with Crippen LogP contribution in [0.1, 0.15) is 90.4 Å². The molecule has 148 valence electrons. The van der Waals surface area contributed by atoms with Crippen LogP contribution < -0.4 is 0 Å². The lowest BCUT2D eigenvalue weighted by Crippen LogP contribution is -2.28. The van der Waals surface area contributed by atoms with Gasteiger partial charge < -0.3 is 4.74 Å². The van der Waals surface area contributed by atoms with Crippen LogP contribution in [0.25, 0.3) is 0 Å². The maximum Gasteiger partial charge on any atom is 0.305 e. The fraction of sp³-hybridized carbons (Fsp3) is 0.947. The van der Waals surface area contributed by atoms with E-state index in [2.05, 4.69) is 16.5 Å². The second-order valence-electron chi connectivity index (χ2n) is 6.96. The summed E-state index contributed by atoms with van der Waals surface area (Å²) in [7, 11) is 1.42. The van der Waals surface area contributed by atoms with Crippen molar-refractivity contribution < 1.29 is 29.5 Å². The van der Waals surface area contributed by atoms with Crippen LogP contribution >= 0.6 is 0 Å². The molecule has 0 unspecified atom stereocenters. The molecule has 0 amide bonds. The van der Waals surface area contributed by atoms with Crippen molar-refractivity contribution in [2.24, 2.45) is 0 Å². The van der Waals surface area contributed by atoms with E-state index in [0.29, 0.717) is 6.42 Å². The minimum absolute atomic E-state index is 0.123. The Balaban J connectivity index is 2.07. The zero-order valence-electron chi connectivity index (χ0n) is 15.9. The molecule has 0 saturated carbocycles. The standard InChI is InChI=1S/C19H36O6/c1-3-4-5-9-12-16-15-18(25-24-16)17(23-21)13-10-7-6-8-11-14-19(20)22-2/h16-18,21H,3-15H2,1-2H3/t16-,17-,18-/m1/s1. The van der Waals surface area contributed by atoms with Gasteiger partial charge in [0.05, 0.1) is 13.2 Å². The molecule has 0 spiro atoms. The number of ether oxygens (including phenoxy) is 1. The first kappa shape index (κ1) is 22.4. The summed E-state index contributed by atoms with van der Waals surface area (Å²) in [6.45, 7) is 2.20. The molecule has 1 heterocycles. The topological polar surface area (TPSA) is 74.2 Å². The Morgan fingerprint density at radius 1 is 1.08 bits per heavy atom. The van der Waals surface area contributed by atoms with Crippen LogP contribution in [0.3, 0.4) is 0 Å². The van der Waals surface area contributed by atoms with Crippen LogP contribution in [-0.2, 0) is 24.2 Å². The van der Waals surface area contributed by atoms with Crippen molar-refractivity contribution in [3.8, 4) is 0 Å². The first-order valence-corrected chi connectivity index (χ1v) is 9.90. The van der Waals surface area contributed by atoms with Gasteiger partial charge in [-0.15, -0.1) is 0 Å². The number of carbonyl (C=O) groups excluding carboxylic acids is 1. The van der Waals surface area contributed by atoms with Gasteiger partial charge in [0.2, 0.25) is 0 Å². The van der Waals surface area contributed by atoms with E-state index < -0.39 is 0 Å². The van der Waals surface area contributed by atoms with Crippen molar-refractivity contribution in [2.45, 2.75) is 109 Å². The van der Waals surface area contributed by atoms with Crippen LogP contribution in [0.2, 0.25) is 0 Å². The Hall–Kier alpha value is -0.690. The molecule has 0 aliphatic carbocycles. The maximum atomic E-state index is 11.0. The van der Waals surface area contributed by atoms with E-state index >= 15 is 0 Å². The monoisotopic (exact) mass is 360 g/mol. The number of rotatable bonds is 15. The third-order valence-electron chi connectivity index (χ3n) is 4.84. The van der Waals surface area contributed by atoms with Crippen molar-refractivity contribution in [3.63, 3.8) is 0 Å². The van der Waals surface area contributed by atoms with Crippen LogP contribution in [0.15, 0.2) is 0 Å². The predicted molar refractivity (Wildman–Crippen MR) is 95.0 cm³/mol. The van der Waals surface area contributed by atoms with Crippen LogP contribution in [0, 0.1) is 0 Å². The molecule has 0 bridgehead atoms. The van der Waals surface area contributed by atoms with E-state index in [0.717, 1.165) is 57.8 Å². The summed E-state index contributed by atoms with van der Waals surface area (Å²) in [5.41, 5.74) is 0. The SMILES string of the molecule is CCCCCC[C@@H]1C[C@H]([C@@H](CCCCCCCC(=O)OC)OO)OO1. The molecule has 25 heavy (non-hydrogen) atoms. The van der Waals surface area contributed by atoms with Crippen LogP contribution in [-0.4, -0.2) is 36.6 Å². The number of unbranched alkanes of at least 4 members (excludes halogenated alkanes) is 7. The maximum absolute atomic E-state index is 11.0. The second kappa shape index (κ2) is 14.5. The highest BCUT2D eigenvalue weighted by atomic mass is 17.2. The smallest absolute Gasteiger partial charge is 0.305 e. The minimum Gasteiger partial charge on any atom is -0.469 e. The van der Waals surface area contributed by atoms with Gasteiger partial charge in [0.15, 0.2) is 0 Å². The summed E-state index contributed by atoms with van der Waals surface area (Å²) >= 11 is 0. The van der Waals surface area contributed by atoms with E-state index in [9.17, 15) is 4.79 Å². The second-order valence-corrected chi connectivity index (χ2v) is 6.96. The number of esters is 1. The van der Waals surface area contributed by atoms with Crippen LogP contribution in [0.4, 0.5) is 0 Å². The van der Waals surface area contributed by atoms with Gasteiger partial charge in [-0.05, 0) is 19.3 Å². The number of methoxy groups -OCH3 is 1. The number of carbonyl (C=O) groups is 1. The molecule has 0 radical (unpaired) electrons. The van der Waals surface area contributed by atoms with Gasteiger partial charge >= 0.3 is 5.97 Å². The Kier molecular flexibility index (Phi) is 12.9. The molecule has 1 N–H and O–H groups in total.